The van der Waals surface area contributed by atoms with Crippen LogP contribution in [0.4, 0.5) is 4.39 Å². The molecular formula is C12H13FN4O3. The Bertz CT molecular complexity index is 614. The molecule has 1 heterocycles. The zero-order chi connectivity index (χ0) is 14.5. The maximum atomic E-state index is 13.0. The van der Waals surface area contributed by atoms with Crippen LogP contribution in [0, 0.1) is 5.82 Å². The van der Waals surface area contributed by atoms with Crippen molar-refractivity contribution < 1.29 is 19.0 Å². The first kappa shape index (κ1) is 13.9. The second-order valence-electron chi connectivity index (χ2n) is 4.05. The number of nitrogens with zero attached hydrogens (tertiary/aromatic N) is 4. The van der Waals surface area contributed by atoms with Gasteiger partial charge in [-0.05, 0) is 35.0 Å². The van der Waals surface area contributed by atoms with Gasteiger partial charge in [-0.1, -0.05) is 6.92 Å². The van der Waals surface area contributed by atoms with Crippen molar-refractivity contribution in [2.75, 3.05) is 0 Å². The van der Waals surface area contributed by atoms with Crippen molar-refractivity contribution in [1.29, 1.82) is 0 Å². The van der Waals surface area contributed by atoms with Gasteiger partial charge in [-0.25, -0.2) is 13.9 Å². The SMILES string of the molecule is CCCn1nnnc1COc1ccc(F)cc1C(=O)O. The van der Waals surface area contributed by atoms with Crippen LogP contribution in [0.5, 0.6) is 5.75 Å². The van der Waals surface area contributed by atoms with E-state index >= 15 is 0 Å². The number of hydrogen-bond acceptors (Lipinski definition) is 5. The molecule has 2 aromatic rings. The van der Waals surface area contributed by atoms with E-state index in [1.165, 1.54) is 6.07 Å². The lowest BCUT2D eigenvalue weighted by Crippen LogP contribution is -2.10. The molecule has 1 aromatic heterocycles. The number of benzene rings is 1. The molecule has 1 N–H and O–H groups in total. The molecule has 0 aliphatic rings. The molecule has 0 fully saturated rings. The number of carbonyl (C=O) groups is 1. The van der Waals surface area contributed by atoms with E-state index in [-0.39, 0.29) is 17.9 Å². The first-order valence-electron chi connectivity index (χ1n) is 6.02. The maximum Gasteiger partial charge on any atom is 0.339 e. The van der Waals surface area contributed by atoms with Crippen LogP contribution in [-0.4, -0.2) is 31.3 Å². The van der Waals surface area contributed by atoms with Crippen molar-refractivity contribution >= 4 is 5.97 Å². The fourth-order valence-corrected chi connectivity index (χ4v) is 1.65. The summed E-state index contributed by atoms with van der Waals surface area (Å²) in [6.07, 6.45) is 0.856. The van der Waals surface area contributed by atoms with Crippen LogP contribution in [0.15, 0.2) is 18.2 Å². The Labute approximate surface area is 114 Å². The highest BCUT2D eigenvalue weighted by Crippen LogP contribution is 2.20. The molecule has 2 rings (SSSR count). The molecule has 7 nitrogen and oxygen atoms in total. The molecule has 0 unspecified atom stereocenters. The molecule has 0 aliphatic heterocycles. The molecule has 0 saturated heterocycles. The summed E-state index contributed by atoms with van der Waals surface area (Å²) in [7, 11) is 0. The predicted molar refractivity (Wildman–Crippen MR) is 65.8 cm³/mol. The van der Waals surface area contributed by atoms with Crippen molar-refractivity contribution in [3.05, 3.63) is 35.4 Å². The largest absolute Gasteiger partial charge is 0.485 e. The number of hydrogen-bond donors (Lipinski definition) is 1. The zero-order valence-electron chi connectivity index (χ0n) is 10.8. The molecular weight excluding hydrogens is 267 g/mol. The summed E-state index contributed by atoms with van der Waals surface area (Å²) in [5.41, 5.74) is -0.237. The lowest BCUT2D eigenvalue weighted by molar-refractivity contribution is 0.0691. The first-order valence-corrected chi connectivity index (χ1v) is 6.02. The van der Waals surface area contributed by atoms with Crippen LogP contribution in [0.2, 0.25) is 0 Å². The number of aryl methyl sites for hydroxylation is 1. The molecule has 106 valence electrons. The van der Waals surface area contributed by atoms with Gasteiger partial charge in [0.1, 0.15) is 23.7 Å². The lowest BCUT2D eigenvalue weighted by Gasteiger charge is -2.09. The number of carboxylic acids is 1. The van der Waals surface area contributed by atoms with Crippen molar-refractivity contribution in [3.63, 3.8) is 0 Å². The third-order valence-electron chi connectivity index (χ3n) is 2.57. The van der Waals surface area contributed by atoms with Gasteiger partial charge in [0, 0.05) is 6.54 Å². The third kappa shape index (κ3) is 3.08. The molecule has 8 heteroatoms. The Hall–Kier alpha value is -2.51. The van der Waals surface area contributed by atoms with Crippen molar-refractivity contribution in [2.45, 2.75) is 26.5 Å². The van der Waals surface area contributed by atoms with Gasteiger partial charge in [-0.2, -0.15) is 0 Å². The van der Waals surface area contributed by atoms with Crippen molar-refractivity contribution in [1.82, 2.24) is 20.2 Å². The summed E-state index contributed by atoms with van der Waals surface area (Å²) in [5, 5.41) is 20.1. The predicted octanol–water partition coefficient (Wildman–Crippen LogP) is 1.50. The minimum Gasteiger partial charge on any atom is -0.485 e. The van der Waals surface area contributed by atoms with Gasteiger partial charge in [0.15, 0.2) is 5.82 Å². The highest BCUT2D eigenvalue weighted by atomic mass is 19.1. The van der Waals surface area contributed by atoms with E-state index in [2.05, 4.69) is 15.5 Å². The first-order chi connectivity index (χ1) is 9.61. The van der Waals surface area contributed by atoms with Crippen LogP contribution in [0.1, 0.15) is 29.5 Å². The number of aromatic nitrogens is 4. The van der Waals surface area contributed by atoms with Gasteiger partial charge in [-0.15, -0.1) is 5.10 Å². The van der Waals surface area contributed by atoms with E-state index in [4.69, 9.17) is 9.84 Å². The Morgan fingerprint density at radius 3 is 3.00 bits per heavy atom. The number of carboxylic acid groups (broad SMARTS) is 1. The van der Waals surface area contributed by atoms with Crippen LogP contribution in [0.25, 0.3) is 0 Å². The molecule has 0 spiro atoms. The second-order valence-corrected chi connectivity index (χ2v) is 4.05. The molecule has 0 amide bonds. The van der Waals surface area contributed by atoms with Crippen molar-refractivity contribution in [2.24, 2.45) is 0 Å². The average molecular weight is 280 g/mol. The summed E-state index contributed by atoms with van der Waals surface area (Å²) in [4.78, 5) is 11.0. The lowest BCUT2D eigenvalue weighted by atomic mass is 10.2. The number of halogens is 1. The smallest absolute Gasteiger partial charge is 0.339 e. The maximum absolute atomic E-state index is 13.0. The molecule has 0 atom stereocenters. The van der Waals surface area contributed by atoms with Gasteiger partial charge >= 0.3 is 5.97 Å². The Morgan fingerprint density at radius 1 is 1.50 bits per heavy atom. The molecule has 0 aliphatic carbocycles. The second kappa shape index (κ2) is 6.09. The van der Waals surface area contributed by atoms with Gasteiger partial charge in [0.25, 0.3) is 0 Å². The molecule has 1 aromatic carbocycles. The van der Waals surface area contributed by atoms with E-state index in [0.717, 1.165) is 18.6 Å². The summed E-state index contributed by atoms with van der Waals surface area (Å²) in [6, 6.07) is 3.32. The van der Waals surface area contributed by atoms with E-state index in [0.29, 0.717) is 12.4 Å². The quantitative estimate of drug-likeness (QED) is 0.862. The fourth-order valence-electron chi connectivity index (χ4n) is 1.65. The van der Waals surface area contributed by atoms with E-state index in [1.54, 1.807) is 4.68 Å². The standard InChI is InChI=1S/C12H13FN4O3/c1-2-5-17-11(14-15-16-17)7-20-10-4-3-8(13)6-9(10)12(18)19/h3-4,6H,2,5,7H2,1H3,(H,18,19). The Kier molecular flexibility index (Phi) is 4.24. The number of ether oxygens (including phenoxy) is 1. The van der Waals surface area contributed by atoms with E-state index in [1.807, 2.05) is 6.92 Å². The van der Waals surface area contributed by atoms with Crippen LogP contribution in [0.3, 0.4) is 0 Å². The number of rotatable bonds is 6. The Balaban J connectivity index is 2.14. The third-order valence-corrected chi connectivity index (χ3v) is 2.57. The number of tetrazole rings is 1. The molecule has 20 heavy (non-hydrogen) atoms. The minimum absolute atomic E-state index is 0.0128. The average Bonchev–Trinajstić information content (AvgIpc) is 2.85. The van der Waals surface area contributed by atoms with Crippen LogP contribution < -0.4 is 4.74 Å². The Morgan fingerprint density at radius 2 is 2.30 bits per heavy atom. The molecule has 0 radical (unpaired) electrons. The van der Waals surface area contributed by atoms with Gasteiger partial charge in [0.2, 0.25) is 0 Å². The highest BCUT2D eigenvalue weighted by Gasteiger charge is 2.14. The van der Waals surface area contributed by atoms with Gasteiger partial charge < -0.3 is 9.84 Å². The monoisotopic (exact) mass is 280 g/mol. The molecule has 0 bridgehead atoms. The summed E-state index contributed by atoms with van der Waals surface area (Å²) in [5.74, 6) is -1.34. The molecule has 0 saturated carbocycles. The normalized spacial score (nSPS) is 10.5. The minimum atomic E-state index is -1.26. The van der Waals surface area contributed by atoms with E-state index in [9.17, 15) is 9.18 Å². The van der Waals surface area contributed by atoms with Crippen LogP contribution >= 0.6 is 0 Å². The zero-order valence-corrected chi connectivity index (χ0v) is 10.8. The summed E-state index contributed by atoms with van der Waals surface area (Å²) in [6.45, 7) is 2.63. The van der Waals surface area contributed by atoms with Crippen LogP contribution in [-0.2, 0) is 13.2 Å². The van der Waals surface area contributed by atoms with Gasteiger partial charge in [-0.3, -0.25) is 0 Å². The fraction of sp³-hybridized carbons (Fsp3) is 0.333. The topological polar surface area (TPSA) is 90.1 Å². The van der Waals surface area contributed by atoms with E-state index < -0.39 is 11.8 Å². The summed E-state index contributed by atoms with van der Waals surface area (Å²) >= 11 is 0. The van der Waals surface area contributed by atoms with Crippen molar-refractivity contribution in [3.8, 4) is 5.75 Å². The van der Waals surface area contributed by atoms with Gasteiger partial charge in [0.05, 0.1) is 0 Å². The summed E-state index contributed by atoms with van der Waals surface area (Å²) < 4.78 is 20.0. The number of aromatic carboxylic acids is 1. The highest BCUT2D eigenvalue weighted by molar-refractivity contribution is 5.90.